The first kappa shape index (κ1) is 23.2. The van der Waals surface area contributed by atoms with Gasteiger partial charge in [0.1, 0.15) is 0 Å². The van der Waals surface area contributed by atoms with Crippen LogP contribution in [-0.2, 0) is 0 Å². The van der Waals surface area contributed by atoms with E-state index in [0.717, 1.165) is 19.3 Å². The van der Waals surface area contributed by atoms with E-state index in [1.807, 2.05) is 5.57 Å². The summed E-state index contributed by atoms with van der Waals surface area (Å²) in [6, 6.07) is 0. The van der Waals surface area contributed by atoms with Crippen molar-refractivity contribution in [1.82, 2.24) is 0 Å². The summed E-state index contributed by atoms with van der Waals surface area (Å²) in [7, 11) is 0. The van der Waals surface area contributed by atoms with Crippen LogP contribution in [0.2, 0.25) is 0 Å². The summed E-state index contributed by atoms with van der Waals surface area (Å²) in [5, 5.41) is 22.1. The van der Waals surface area contributed by atoms with Gasteiger partial charge in [-0.05, 0) is 111 Å². The van der Waals surface area contributed by atoms with Crippen molar-refractivity contribution in [2.45, 2.75) is 118 Å². The van der Waals surface area contributed by atoms with Gasteiger partial charge in [0.05, 0.1) is 12.2 Å². The number of hydrogen-bond donors (Lipinski definition) is 2. The first-order valence-corrected chi connectivity index (χ1v) is 13.6. The molecule has 0 radical (unpaired) electrons. The highest BCUT2D eigenvalue weighted by Crippen LogP contribution is 2.73. The zero-order valence-corrected chi connectivity index (χ0v) is 21.6. The summed E-state index contributed by atoms with van der Waals surface area (Å²) in [6.07, 6.45) is 11.6. The summed E-state index contributed by atoms with van der Waals surface area (Å²) < 4.78 is 0. The molecule has 3 fully saturated rings. The average Bonchev–Trinajstić information content (AvgIpc) is 3.22. The van der Waals surface area contributed by atoms with Gasteiger partial charge in [-0.2, -0.15) is 0 Å². The lowest BCUT2D eigenvalue weighted by molar-refractivity contribution is -0.0970. The third-order valence-electron chi connectivity index (χ3n) is 12.6. The number of aliphatic hydroxyl groups is 2. The van der Waals surface area contributed by atoms with Crippen LogP contribution in [0.5, 0.6) is 0 Å². The quantitative estimate of drug-likeness (QED) is 0.451. The molecule has 0 spiro atoms. The molecule has 9 atom stereocenters. The summed E-state index contributed by atoms with van der Waals surface area (Å²) in [4.78, 5) is 0. The van der Waals surface area contributed by atoms with Crippen molar-refractivity contribution in [2.24, 2.45) is 45.3 Å². The summed E-state index contributed by atoms with van der Waals surface area (Å²) in [5.74, 6) is 1.98. The predicted octanol–water partition coefficient (Wildman–Crippen LogP) is 7.06. The van der Waals surface area contributed by atoms with Crippen LogP contribution in [0.25, 0.3) is 0 Å². The second-order valence-corrected chi connectivity index (χ2v) is 13.9. The van der Waals surface area contributed by atoms with Crippen molar-refractivity contribution in [3.05, 3.63) is 23.3 Å². The lowest BCUT2D eigenvalue weighted by Gasteiger charge is -2.62. The fourth-order valence-corrected chi connectivity index (χ4v) is 10.4. The van der Waals surface area contributed by atoms with Gasteiger partial charge in [-0.3, -0.25) is 0 Å². The minimum Gasteiger partial charge on any atom is -0.393 e. The van der Waals surface area contributed by atoms with Crippen molar-refractivity contribution in [2.75, 3.05) is 0 Å². The average molecular weight is 441 g/mol. The molecular weight excluding hydrogens is 392 g/mol. The minimum absolute atomic E-state index is 0.0108. The molecule has 0 heterocycles. The summed E-state index contributed by atoms with van der Waals surface area (Å²) in [5.41, 5.74) is 5.63. The molecule has 0 aromatic carbocycles. The van der Waals surface area contributed by atoms with E-state index in [1.165, 1.54) is 50.5 Å². The fraction of sp³-hybridized carbons (Fsp3) is 0.867. The van der Waals surface area contributed by atoms with Gasteiger partial charge in [-0.1, -0.05) is 57.9 Å². The van der Waals surface area contributed by atoms with Gasteiger partial charge in [-0.15, -0.1) is 0 Å². The second-order valence-electron chi connectivity index (χ2n) is 13.9. The maximum Gasteiger partial charge on any atom is 0.0636 e. The normalized spacial score (nSPS) is 52.4. The Hall–Kier alpha value is -0.600. The molecule has 0 aliphatic heterocycles. The Bertz CT molecular complexity index is 838. The molecule has 5 aliphatic carbocycles. The predicted molar refractivity (Wildman–Crippen MR) is 132 cm³/mol. The largest absolute Gasteiger partial charge is 0.393 e. The molecule has 0 aromatic heterocycles. The van der Waals surface area contributed by atoms with Crippen LogP contribution < -0.4 is 0 Å². The van der Waals surface area contributed by atoms with Crippen molar-refractivity contribution in [3.8, 4) is 0 Å². The molecule has 2 heteroatoms. The molecule has 0 amide bonds. The lowest BCUT2D eigenvalue weighted by Crippen LogP contribution is -2.55. The van der Waals surface area contributed by atoms with Crippen molar-refractivity contribution in [3.63, 3.8) is 0 Å². The van der Waals surface area contributed by atoms with Gasteiger partial charge in [0.25, 0.3) is 0 Å². The summed E-state index contributed by atoms with van der Waals surface area (Å²) in [6.45, 7) is 18.7. The number of hydrogen-bond acceptors (Lipinski definition) is 2. The van der Waals surface area contributed by atoms with Crippen LogP contribution in [0.3, 0.4) is 0 Å². The van der Waals surface area contributed by atoms with Crippen molar-refractivity contribution < 1.29 is 10.2 Å². The van der Waals surface area contributed by atoms with E-state index in [4.69, 9.17) is 0 Å². The van der Waals surface area contributed by atoms with Crippen molar-refractivity contribution >= 4 is 0 Å². The number of aliphatic hydroxyl groups excluding tert-OH is 2. The highest BCUT2D eigenvalue weighted by molar-refractivity contribution is 5.39. The van der Waals surface area contributed by atoms with E-state index in [1.54, 1.807) is 5.57 Å². The fourth-order valence-electron chi connectivity index (χ4n) is 10.4. The summed E-state index contributed by atoms with van der Waals surface area (Å²) >= 11 is 0. The van der Waals surface area contributed by atoms with E-state index < -0.39 is 0 Å². The molecule has 0 bridgehead atoms. The maximum absolute atomic E-state index is 11.3. The van der Waals surface area contributed by atoms with Crippen LogP contribution in [0.4, 0.5) is 0 Å². The van der Waals surface area contributed by atoms with Crippen LogP contribution in [0, 0.1) is 45.3 Å². The molecular formula is C30H48O2. The number of rotatable bonds is 2. The van der Waals surface area contributed by atoms with Crippen molar-refractivity contribution in [1.29, 1.82) is 0 Å². The molecule has 5 rings (SSSR count). The maximum atomic E-state index is 11.3. The third kappa shape index (κ3) is 2.78. The SMILES string of the molecule is C=C(C)[C@H]1CC[C@H]([C@H]2CC[C@@]3(C)C4=C(CC[C@]23C)[C@@]2(C)CC[C@H](O)C(C)(C)[C@@H]2CC4)[C@H]1O. The van der Waals surface area contributed by atoms with Gasteiger partial charge >= 0.3 is 0 Å². The monoisotopic (exact) mass is 440 g/mol. The number of allylic oxidation sites excluding steroid dienone is 2. The third-order valence-corrected chi connectivity index (χ3v) is 12.6. The van der Waals surface area contributed by atoms with Gasteiger partial charge in [0.15, 0.2) is 0 Å². The molecule has 0 saturated heterocycles. The van der Waals surface area contributed by atoms with Gasteiger partial charge in [0, 0.05) is 5.92 Å². The Morgan fingerprint density at radius 3 is 2.22 bits per heavy atom. The first-order valence-electron chi connectivity index (χ1n) is 13.6. The zero-order chi connectivity index (χ0) is 23.3. The van der Waals surface area contributed by atoms with E-state index in [9.17, 15) is 10.2 Å². The Morgan fingerprint density at radius 1 is 0.844 bits per heavy atom. The Balaban J connectivity index is 1.50. The van der Waals surface area contributed by atoms with Crippen LogP contribution >= 0.6 is 0 Å². The first-order chi connectivity index (χ1) is 14.9. The highest BCUT2D eigenvalue weighted by atomic mass is 16.3. The smallest absolute Gasteiger partial charge is 0.0636 e. The highest BCUT2D eigenvalue weighted by Gasteiger charge is 2.64. The molecule has 5 aliphatic rings. The van der Waals surface area contributed by atoms with E-state index in [2.05, 4.69) is 48.1 Å². The molecule has 180 valence electrons. The molecule has 2 nitrogen and oxygen atoms in total. The van der Waals surface area contributed by atoms with Gasteiger partial charge < -0.3 is 10.2 Å². The second kappa shape index (κ2) is 7.20. The number of fused-ring (bicyclic) bond motifs is 4. The lowest BCUT2D eigenvalue weighted by atomic mass is 9.43. The van der Waals surface area contributed by atoms with E-state index in [0.29, 0.717) is 29.1 Å². The van der Waals surface area contributed by atoms with Gasteiger partial charge in [0.2, 0.25) is 0 Å². The Kier molecular flexibility index (Phi) is 5.21. The van der Waals surface area contributed by atoms with Crippen LogP contribution in [0.1, 0.15) is 106 Å². The van der Waals surface area contributed by atoms with E-state index >= 15 is 0 Å². The molecule has 2 N–H and O–H groups in total. The molecule has 3 saturated carbocycles. The Labute approximate surface area is 197 Å². The van der Waals surface area contributed by atoms with E-state index in [-0.39, 0.29) is 28.5 Å². The molecule has 0 aromatic rings. The molecule has 0 unspecified atom stereocenters. The standard InChI is InChI=1S/C30H48O2/c1-18(2)19-8-9-20(26(19)32)21-12-16-30(7)23-10-11-24-27(3,4)25(31)14-15-28(24,5)22(23)13-17-29(21,30)6/h19-21,24-26,31-32H,1,8-17H2,2-7H3/t19-,20-,21-,24+,25+,26+,28-,29-,30+/m1/s1. The zero-order valence-electron chi connectivity index (χ0n) is 21.6. The Morgan fingerprint density at radius 2 is 1.56 bits per heavy atom. The van der Waals surface area contributed by atoms with Gasteiger partial charge in [-0.25, -0.2) is 0 Å². The minimum atomic E-state index is -0.194. The van der Waals surface area contributed by atoms with Crippen LogP contribution in [-0.4, -0.2) is 22.4 Å². The topological polar surface area (TPSA) is 40.5 Å². The van der Waals surface area contributed by atoms with Crippen LogP contribution in [0.15, 0.2) is 23.3 Å². The molecule has 32 heavy (non-hydrogen) atoms.